The van der Waals surface area contributed by atoms with Gasteiger partial charge in [0, 0.05) is 30.1 Å². The van der Waals surface area contributed by atoms with Crippen molar-refractivity contribution in [1.29, 1.82) is 0 Å². The number of rotatable bonds is 6. The molecule has 0 saturated carbocycles. The minimum atomic E-state index is 0.425. The van der Waals surface area contributed by atoms with E-state index in [1.54, 1.807) is 0 Å². The molecule has 1 aliphatic rings. The van der Waals surface area contributed by atoms with Crippen molar-refractivity contribution in [3.8, 4) is 0 Å². The second kappa shape index (κ2) is 8.16. The van der Waals surface area contributed by atoms with Crippen molar-refractivity contribution in [3.05, 3.63) is 29.6 Å². The van der Waals surface area contributed by atoms with Crippen LogP contribution in [0.15, 0.2) is 18.2 Å². The zero-order valence-electron chi connectivity index (χ0n) is 13.7. The first kappa shape index (κ1) is 16.8. The fraction of sp³-hybridized carbons (Fsp3) is 0.706. The summed E-state index contributed by atoms with van der Waals surface area (Å²) in [6.07, 6.45) is 2.43. The number of hydrogen-bond acceptors (Lipinski definition) is 4. The molecule has 1 saturated heterocycles. The van der Waals surface area contributed by atoms with E-state index in [1.165, 1.54) is 37.4 Å². The van der Waals surface area contributed by atoms with Gasteiger partial charge in [0.05, 0.1) is 11.4 Å². The van der Waals surface area contributed by atoms with Crippen molar-refractivity contribution in [2.45, 2.75) is 51.4 Å². The van der Waals surface area contributed by atoms with Crippen LogP contribution in [0.25, 0.3) is 0 Å². The van der Waals surface area contributed by atoms with Gasteiger partial charge in [-0.15, -0.1) is 0 Å². The molecule has 1 aliphatic heterocycles. The zero-order valence-corrected chi connectivity index (χ0v) is 14.5. The van der Waals surface area contributed by atoms with Gasteiger partial charge in [0.15, 0.2) is 0 Å². The summed E-state index contributed by atoms with van der Waals surface area (Å²) in [6.45, 7) is 12.2. The van der Waals surface area contributed by atoms with Gasteiger partial charge in [-0.1, -0.05) is 26.8 Å². The van der Waals surface area contributed by atoms with Crippen molar-refractivity contribution < 1.29 is 0 Å². The second-order valence-electron chi connectivity index (χ2n) is 6.43. The average molecular weight is 308 g/mol. The summed E-state index contributed by atoms with van der Waals surface area (Å²) in [7, 11) is 0. The van der Waals surface area contributed by atoms with Crippen molar-refractivity contribution in [2.24, 2.45) is 0 Å². The van der Waals surface area contributed by atoms with E-state index in [0.717, 1.165) is 25.3 Å². The highest BCUT2D eigenvalue weighted by molar-refractivity contribution is 8.00. The molecule has 0 aromatic carbocycles. The highest BCUT2D eigenvalue weighted by atomic mass is 32.2. The zero-order chi connectivity index (χ0) is 15.1. The first-order chi connectivity index (χ1) is 10.1. The molecule has 0 aliphatic carbocycles. The molecule has 1 aromatic rings. The van der Waals surface area contributed by atoms with E-state index in [9.17, 15) is 0 Å². The Hall–Kier alpha value is -0.580. The van der Waals surface area contributed by atoms with Gasteiger partial charge in [0.1, 0.15) is 0 Å². The van der Waals surface area contributed by atoms with Crippen LogP contribution in [-0.4, -0.2) is 40.0 Å². The standard InChI is InChI=1S/C17H29N3S/c1-4-9-18-13-15-6-5-7-16(19-15)14-20-10-8-17(2,3)21-12-11-20/h5-7,18H,4,8-14H2,1-3H3. The molecule has 0 radical (unpaired) electrons. The van der Waals surface area contributed by atoms with Gasteiger partial charge in [-0.25, -0.2) is 0 Å². The van der Waals surface area contributed by atoms with Crippen LogP contribution in [0.1, 0.15) is 45.0 Å². The molecule has 0 unspecified atom stereocenters. The molecule has 118 valence electrons. The molecule has 4 heteroatoms. The molecule has 1 N–H and O–H groups in total. The van der Waals surface area contributed by atoms with E-state index in [2.05, 4.69) is 60.9 Å². The molecule has 2 heterocycles. The molecule has 0 amide bonds. The van der Waals surface area contributed by atoms with Crippen LogP contribution in [0.5, 0.6) is 0 Å². The van der Waals surface area contributed by atoms with Gasteiger partial charge in [-0.2, -0.15) is 11.8 Å². The predicted molar refractivity (Wildman–Crippen MR) is 92.7 cm³/mol. The van der Waals surface area contributed by atoms with E-state index in [-0.39, 0.29) is 0 Å². The molecule has 0 spiro atoms. The molecule has 1 aromatic heterocycles. The minimum Gasteiger partial charge on any atom is -0.311 e. The topological polar surface area (TPSA) is 28.2 Å². The van der Waals surface area contributed by atoms with Crippen LogP contribution in [0.2, 0.25) is 0 Å². The fourth-order valence-corrected chi connectivity index (χ4v) is 3.70. The third kappa shape index (κ3) is 5.97. The second-order valence-corrected chi connectivity index (χ2v) is 8.23. The van der Waals surface area contributed by atoms with Crippen LogP contribution < -0.4 is 5.32 Å². The molecule has 1 fully saturated rings. The molecular formula is C17H29N3S. The lowest BCUT2D eigenvalue weighted by atomic mass is 10.1. The summed E-state index contributed by atoms with van der Waals surface area (Å²) in [5, 5.41) is 3.42. The average Bonchev–Trinajstić information content (AvgIpc) is 2.61. The predicted octanol–water partition coefficient (Wildman–Crippen LogP) is 3.30. The maximum absolute atomic E-state index is 4.79. The normalized spacial score (nSPS) is 19.4. The molecular weight excluding hydrogens is 278 g/mol. The maximum atomic E-state index is 4.79. The largest absolute Gasteiger partial charge is 0.311 e. The van der Waals surface area contributed by atoms with Crippen LogP contribution in [0.3, 0.4) is 0 Å². The first-order valence-electron chi connectivity index (χ1n) is 8.11. The minimum absolute atomic E-state index is 0.425. The summed E-state index contributed by atoms with van der Waals surface area (Å²) >= 11 is 2.10. The summed E-state index contributed by atoms with van der Waals surface area (Å²) in [6, 6.07) is 6.42. The van der Waals surface area contributed by atoms with Gasteiger partial charge < -0.3 is 5.32 Å². The Bertz CT molecular complexity index is 434. The highest BCUT2D eigenvalue weighted by Crippen LogP contribution is 2.30. The summed E-state index contributed by atoms with van der Waals surface area (Å²) in [4.78, 5) is 7.34. The van der Waals surface area contributed by atoms with E-state index < -0.39 is 0 Å². The summed E-state index contributed by atoms with van der Waals surface area (Å²) in [5.41, 5.74) is 2.36. The van der Waals surface area contributed by atoms with Crippen molar-refractivity contribution in [2.75, 3.05) is 25.4 Å². The van der Waals surface area contributed by atoms with Crippen molar-refractivity contribution >= 4 is 11.8 Å². The van der Waals surface area contributed by atoms with E-state index in [4.69, 9.17) is 4.98 Å². The Balaban J connectivity index is 1.88. The number of pyridine rings is 1. The third-order valence-corrected chi connectivity index (χ3v) is 5.29. The van der Waals surface area contributed by atoms with Crippen molar-refractivity contribution in [1.82, 2.24) is 15.2 Å². The van der Waals surface area contributed by atoms with E-state index in [0.29, 0.717) is 4.75 Å². The number of nitrogens with zero attached hydrogens (tertiary/aromatic N) is 2. The van der Waals surface area contributed by atoms with Gasteiger partial charge in [0.25, 0.3) is 0 Å². The smallest absolute Gasteiger partial charge is 0.0547 e. The number of aromatic nitrogens is 1. The molecule has 3 nitrogen and oxygen atoms in total. The van der Waals surface area contributed by atoms with Gasteiger partial charge >= 0.3 is 0 Å². The quantitative estimate of drug-likeness (QED) is 0.816. The lowest BCUT2D eigenvalue weighted by Crippen LogP contribution is -2.27. The monoisotopic (exact) mass is 307 g/mol. The lowest BCUT2D eigenvalue weighted by molar-refractivity contribution is 0.273. The molecule has 2 rings (SSSR count). The number of thioether (sulfide) groups is 1. The van der Waals surface area contributed by atoms with E-state index >= 15 is 0 Å². The van der Waals surface area contributed by atoms with Crippen LogP contribution in [0, 0.1) is 0 Å². The van der Waals surface area contributed by atoms with Crippen LogP contribution in [-0.2, 0) is 13.1 Å². The highest BCUT2D eigenvalue weighted by Gasteiger charge is 2.23. The molecule has 0 bridgehead atoms. The van der Waals surface area contributed by atoms with Crippen LogP contribution in [0.4, 0.5) is 0 Å². The number of nitrogens with one attached hydrogen (secondary N) is 1. The van der Waals surface area contributed by atoms with Crippen LogP contribution >= 0.6 is 11.8 Å². The Morgan fingerprint density at radius 3 is 2.90 bits per heavy atom. The van der Waals surface area contributed by atoms with Gasteiger partial charge in [-0.3, -0.25) is 9.88 Å². The maximum Gasteiger partial charge on any atom is 0.0547 e. The number of hydrogen-bond donors (Lipinski definition) is 1. The Labute approximate surface area is 133 Å². The summed E-state index contributed by atoms with van der Waals surface area (Å²) in [5.74, 6) is 1.23. The molecule has 21 heavy (non-hydrogen) atoms. The third-order valence-electron chi connectivity index (χ3n) is 3.91. The summed E-state index contributed by atoms with van der Waals surface area (Å²) < 4.78 is 0.425. The SMILES string of the molecule is CCCNCc1cccc(CN2CCSC(C)(C)CC2)n1. The van der Waals surface area contributed by atoms with Gasteiger partial charge in [0.2, 0.25) is 0 Å². The van der Waals surface area contributed by atoms with Gasteiger partial charge in [-0.05, 0) is 38.1 Å². The Morgan fingerprint density at radius 2 is 2.10 bits per heavy atom. The van der Waals surface area contributed by atoms with E-state index in [1.807, 2.05) is 0 Å². The Morgan fingerprint density at radius 1 is 1.29 bits per heavy atom. The van der Waals surface area contributed by atoms with Crippen molar-refractivity contribution in [3.63, 3.8) is 0 Å². The first-order valence-corrected chi connectivity index (χ1v) is 9.09. The Kier molecular flexibility index (Phi) is 6.52. The molecule has 0 atom stereocenters. The lowest BCUT2D eigenvalue weighted by Gasteiger charge is -2.22. The fourth-order valence-electron chi connectivity index (χ4n) is 2.56.